The molecule has 0 radical (unpaired) electrons. The van der Waals surface area contributed by atoms with E-state index in [4.69, 9.17) is 21.1 Å². The van der Waals surface area contributed by atoms with Gasteiger partial charge in [-0.25, -0.2) is 4.39 Å². The number of rotatable bonds is 5. The van der Waals surface area contributed by atoms with Gasteiger partial charge in [-0.3, -0.25) is 4.90 Å². The standard InChI is InChI=1S/C17H17ClFNO2/c1-2-20(10-13-4-5-14(19)8-15(13)18)9-12-3-6-16-17(7-12)22-11-21-16/h3-8H,2,9-11H2,1H3. The lowest BCUT2D eigenvalue weighted by Crippen LogP contribution is -2.22. The number of fused-ring (bicyclic) bond motifs is 1. The molecule has 0 amide bonds. The van der Waals surface area contributed by atoms with Crippen LogP contribution in [0.4, 0.5) is 4.39 Å². The molecule has 2 aromatic rings. The van der Waals surface area contributed by atoms with Crippen molar-refractivity contribution in [1.82, 2.24) is 4.90 Å². The Morgan fingerprint density at radius 2 is 1.91 bits per heavy atom. The van der Waals surface area contributed by atoms with E-state index < -0.39 is 0 Å². The van der Waals surface area contributed by atoms with E-state index in [-0.39, 0.29) is 12.6 Å². The maximum absolute atomic E-state index is 13.1. The van der Waals surface area contributed by atoms with Crippen LogP contribution in [0.3, 0.4) is 0 Å². The minimum absolute atomic E-state index is 0.279. The average Bonchev–Trinajstić information content (AvgIpc) is 2.96. The van der Waals surface area contributed by atoms with Crippen LogP contribution < -0.4 is 9.47 Å². The van der Waals surface area contributed by atoms with Crippen LogP contribution in [0.5, 0.6) is 11.5 Å². The monoisotopic (exact) mass is 321 g/mol. The second-order valence-electron chi connectivity index (χ2n) is 5.23. The van der Waals surface area contributed by atoms with Crippen molar-refractivity contribution in [2.75, 3.05) is 13.3 Å². The van der Waals surface area contributed by atoms with E-state index in [2.05, 4.69) is 11.8 Å². The maximum Gasteiger partial charge on any atom is 0.231 e. The Morgan fingerprint density at radius 1 is 1.09 bits per heavy atom. The molecule has 116 valence electrons. The lowest BCUT2D eigenvalue weighted by atomic mass is 10.1. The first kappa shape index (κ1) is 15.1. The molecule has 5 heteroatoms. The Labute approximate surface area is 134 Å². The molecule has 22 heavy (non-hydrogen) atoms. The van der Waals surface area contributed by atoms with Crippen LogP contribution in [0, 0.1) is 5.82 Å². The van der Waals surface area contributed by atoms with Crippen molar-refractivity contribution in [3.63, 3.8) is 0 Å². The maximum atomic E-state index is 13.1. The van der Waals surface area contributed by atoms with Gasteiger partial charge in [-0.05, 0) is 41.9 Å². The van der Waals surface area contributed by atoms with E-state index in [1.165, 1.54) is 12.1 Å². The van der Waals surface area contributed by atoms with E-state index in [1.807, 2.05) is 18.2 Å². The van der Waals surface area contributed by atoms with Crippen molar-refractivity contribution in [2.24, 2.45) is 0 Å². The summed E-state index contributed by atoms with van der Waals surface area (Å²) in [5.74, 6) is 1.26. The highest BCUT2D eigenvalue weighted by molar-refractivity contribution is 6.31. The quantitative estimate of drug-likeness (QED) is 0.822. The molecular weight excluding hydrogens is 305 g/mol. The molecule has 0 bridgehead atoms. The van der Waals surface area contributed by atoms with Crippen LogP contribution >= 0.6 is 11.6 Å². The smallest absolute Gasteiger partial charge is 0.231 e. The van der Waals surface area contributed by atoms with E-state index >= 15 is 0 Å². The Morgan fingerprint density at radius 3 is 2.68 bits per heavy atom. The molecule has 1 aliphatic rings. The lowest BCUT2D eigenvalue weighted by Gasteiger charge is -2.21. The second-order valence-corrected chi connectivity index (χ2v) is 5.63. The molecule has 1 heterocycles. The Kier molecular flexibility index (Phi) is 4.50. The van der Waals surface area contributed by atoms with Crippen molar-refractivity contribution in [3.8, 4) is 11.5 Å². The molecule has 0 spiro atoms. The third-order valence-corrected chi connectivity index (χ3v) is 4.05. The van der Waals surface area contributed by atoms with Gasteiger partial charge in [0.1, 0.15) is 5.82 Å². The predicted molar refractivity (Wildman–Crippen MR) is 83.8 cm³/mol. The molecule has 0 N–H and O–H groups in total. The Bertz CT molecular complexity index is 678. The summed E-state index contributed by atoms with van der Waals surface area (Å²) in [4.78, 5) is 2.23. The molecule has 0 fully saturated rings. The van der Waals surface area contributed by atoms with Crippen molar-refractivity contribution in [2.45, 2.75) is 20.0 Å². The highest BCUT2D eigenvalue weighted by atomic mass is 35.5. The number of hydrogen-bond acceptors (Lipinski definition) is 3. The zero-order valence-corrected chi connectivity index (χ0v) is 13.1. The summed E-state index contributed by atoms with van der Waals surface area (Å²) < 4.78 is 23.8. The van der Waals surface area contributed by atoms with Gasteiger partial charge in [0.25, 0.3) is 0 Å². The Hall–Kier alpha value is -1.78. The molecule has 0 unspecified atom stereocenters. The van der Waals surface area contributed by atoms with E-state index in [1.54, 1.807) is 6.07 Å². The van der Waals surface area contributed by atoms with Gasteiger partial charge in [-0.1, -0.05) is 30.7 Å². The van der Waals surface area contributed by atoms with E-state index in [9.17, 15) is 4.39 Å². The third-order valence-electron chi connectivity index (χ3n) is 3.70. The van der Waals surface area contributed by atoms with Gasteiger partial charge in [0.05, 0.1) is 0 Å². The molecule has 3 rings (SSSR count). The zero-order chi connectivity index (χ0) is 15.5. The molecule has 2 aromatic carbocycles. The zero-order valence-electron chi connectivity index (χ0n) is 12.3. The summed E-state index contributed by atoms with van der Waals surface area (Å²) in [6, 6.07) is 10.5. The molecule has 1 aliphatic heterocycles. The van der Waals surface area contributed by atoms with Crippen LogP contribution in [0.2, 0.25) is 5.02 Å². The van der Waals surface area contributed by atoms with Crippen LogP contribution in [0.1, 0.15) is 18.1 Å². The molecule has 0 atom stereocenters. The summed E-state index contributed by atoms with van der Waals surface area (Å²) in [6.07, 6.45) is 0. The molecule has 0 saturated carbocycles. The van der Waals surface area contributed by atoms with E-state index in [0.29, 0.717) is 11.6 Å². The first-order valence-corrected chi connectivity index (χ1v) is 7.58. The average molecular weight is 322 g/mol. The van der Waals surface area contributed by atoms with Crippen LogP contribution in [0.25, 0.3) is 0 Å². The van der Waals surface area contributed by atoms with Crippen molar-refractivity contribution < 1.29 is 13.9 Å². The first-order chi connectivity index (χ1) is 10.7. The van der Waals surface area contributed by atoms with Gasteiger partial charge in [0, 0.05) is 18.1 Å². The number of nitrogens with zero attached hydrogens (tertiary/aromatic N) is 1. The van der Waals surface area contributed by atoms with E-state index in [0.717, 1.165) is 35.7 Å². The van der Waals surface area contributed by atoms with Gasteiger partial charge < -0.3 is 9.47 Å². The molecule has 0 aromatic heterocycles. The van der Waals surface area contributed by atoms with Crippen molar-refractivity contribution >= 4 is 11.6 Å². The minimum Gasteiger partial charge on any atom is -0.454 e. The molecule has 0 saturated heterocycles. The summed E-state index contributed by atoms with van der Waals surface area (Å²) >= 11 is 6.11. The fraction of sp³-hybridized carbons (Fsp3) is 0.294. The Balaban J connectivity index is 1.71. The van der Waals surface area contributed by atoms with Gasteiger partial charge in [-0.15, -0.1) is 0 Å². The lowest BCUT2D eigenvalue weighted by molar-refractivity contribution is 0.174. The number of benzene rings is 2. The fourth-order valence-corrected chi connectivity index (χ4v) is 2.69. The molecule has 3 nitrogen and oxygen atoms in total. The van der Waals surface area contributed by atoms with Crippen LogP contribution in [-0.2, 0) is 13.1 Å². The largest absolute Gasteiger partial charge is 0.454 e. The van der Waals surface area contributed by atoms with Crippen LogP contribution in [-0.4, -0.2) is 18.2 Å². The summed E-state index contributed by atoms with van der Waals surface area (Å²) in [5.41, 5.74) is 2.06. The molecular formula is C17H17ClFNO2. The highest BCUT2D eigenvalue weighted by Crippen LogP contribution is 2.33. The highest BCUT2D eigenvalue weighted by Gasteiger charge is 2.15. The van der Waals surface area contributed by atoms with Crippen LogP contribution in [0.15, 0.2) is 36.4 Å². The SMILES string of the molecule is CCN(Cc1ccc2c(c1)OCO2)Cc1ccc(F)cc1Cl. The summed E-state index contributed by atoms with van der Waals surface area (Å²) in [7, 11) is 0. The van der Waals surface area contributed by atoms with Gasteiger partial charge in [-0.2, -0.15) is 0 Å². The van der Waals surface area contributed by atoms with Crippen molar-refractivity contribution in [3.05, 3.63) is 58.4 Å². The number of ether oxygens (including phenoxy) is 2. The summed E-state index contributed by atoms with van der Waals surface area (Å²) in [5, 5.41) is 0.462. The van der Waals surface area contributed by atoms with Gasteiger partial charge >= 0.3 is 0 Å². The fourth-order valence-electron chi connectivity index (χ4n) is 2.47. The number of halogens is 2. The first-order valence-electron chi connectivity index (χ1n) is 7.20. The van der Waals surface area contributed by atoms with Crippen molar-refractivity contribution in [1.29, 1.82) is 0 Å². The second kappa shape index (κ2) is 6.55. The molecule has 0 aliphatic carbocycles. The third kappa shape index (κ3) is 3.34. The minimum atomic E-state index is -0.312. The van der Waals surface area contributed by atoms with Gasteiger partial charge in [0.2, 0.25) is 6.79 Å². The predicted octanol–water partition coefficient (Wildman–Crippen LogP) is 4.23. The normalized spacial score (nSPS) is 12.9. The topological polar surface area (TPSA) is 21.7 Å². The van der Waals surface area contributed by atoms with Gasteiger partial charge in [0.15, 0.2) is 11.5 Å². The summed E-state index contributed by atoms with van der Waals surface area (Å²) in [6.45, 7) is 4.67. The number of hydrogen-bond donors (Lipinski definition) is 0.